The fourth-order valence-corrected chi connectivity index (χ4v) is 2.44. The molecule has 7 heteroatoms. The average Bonchev–Trinajstić information content (AvgIpc) is 2.85. The quantitative estimate of drug-likeness (QED) is 0.908. The molecule has 0 unspecified atom stereocenters. The molecule has 2 rings (SSSR count). The molecule has 2 aromatic heterocycles. The second-order valence-electron chi connectivity index (χ2n) is 4.49. The minimum absolute atomic E-state index is 0.0358. The monoisotopic (exact) mass is 268 g/mol. The molecule has 2 aromatic rings. The molecule has 0 aliphatic rings. The van der Waals surface area contributed by atoms with Crippen molar-refractivity contribution in [3.8, 4) is 0 Å². The molecular formula is C10H12N4OS2. The summed E-state index contributed by atoms with van der Waals surface area (Å²) in [5, 5.41) is 13.2. The number of nitrogens with zero attached hydrogens (tertiary/aromatic N) is 3. The molecule has 90 valence electrons. The van der Waals surface area contributed by atoms with Gasteiger partial charge in [-0.1, -0.05) is 32.1 Å². The van der Waals surface area contributed by atoms with Crippen LogP contribution in [0.2, 0.25) is 0 Å². The molecule has 1 N–H and O–H groups in total. The van der Waals surface area contributed by atoms with Gasteiger partial charge in [-0.3, -0.25) is 10.1 Å². The van der Waals surface area contributed by atoms with Crippen LogP contribution in [-0.4, -0.2) is 21.1 Å². The maximum Gasteiger partial charge on any atom is 0.276 e. The van der Waals surface area contributed by atoms with E-state index in [9.17, 15) is 4.79 Å². The van der Waals surface area contributed by atoms with Gasteiger partial charge in [0.25, 0.3) is 5.91 Å². The molecule has 0 atom stereocenters. The molecule has 0 spiro atoms. The molecular weight excluding hydrogens is 256 g/mol. The number of carbonyl (C=O) groups is 1. The molecule has 0 saturated carbocycles. The van der Waals surface area contributed by atoms with Crippen LogP contribution in [-0.2, 0) is 5.41 Å². The predicted octanol–water partition coefficient (Wildman–Crippen LogP) is 2.54. The second kappa shape index (κ2) is 4.50. The first-order valence-corrected chi connectivity index (χ1v) is 6.76. The Balaban J connectivity index is 2.13. The molecule has 0 saturated heterocycles. The zero-order chi connectivity index (χ0) is 12.5. The van der Waals surface area contributed by atoms with Crippen LogP contribution >= 0.6 is 22.7 Å². The summed E-state index contributed by atoms with van der Waals surface area (Å²) in [5.41, 5.74) is 1.96. The smallest absolute Gasteiger partial charge is 0.276 e. The minimum atomic E-state index is -0.242. The number of hydrogen-bond donors (Lipinski definition) is 1. The van der Waals surface area contributed by atoms with Crippen molar-refractivity contribution in [1.82, 2.24) is 15.2 Å². The molecule has 0 aliphatic heterocycles. The van der Waals surface area contributed by atoms with Gasteiger partial charge < -0.3 is 0 Å². The summed E-state index contributed by atoms with van der Waals surface area (Å²) >= 11 is 2.77. The average molecular weight is 268 g/mol. The number of aromatic nitrogens is 3. The molecule has 0 aromatic carbocycles. The van der Waals surface area contributed by atoms with Gasteiger partial charge in [-0.2, -0.15) is 0 Å². The van der Waals surface area contributed by atoms with Gasteiger partial charge in [0.1, 0.15) is 11.2 Å². The number of amides is 1. The van der Waals surface area contributed by atoms with Crippen LogP contribution < -0.4 is 5.32 Å². The molecule has 0 bridgehead atoms. The van der Waals surface area contributed by atoms with Crippen molar-refractivity contribution in [2.24, 2.45) is 0 Å². The Hall–Kier alpha value is -1.34. The maximum absolute atomic E-state index is 11.8. The Morgan fingerprint density at radius 3 is 2.65 bits per heavy atom. The van der Waals surface area contributed by atoms with Crippen molar-refractivity contribution < 1.29 is 4.79 Å². The first-order valence-electron chi connectivity index (χ1n) is 5.00. The van der Waals surface area contributed by atoms with Gasteiger partial charge in [0.15, 0.2) is 0 Å². The highest BCUT2D eigenvalue weighted by molar-refractivity contribution is 7.13. The topological polar surface area (TPSA) is 67.8 Å². The highest BCUT2D eigenvalue weighted by atomic mass is 32.1. The molecule has 5 nitrogen and oxygen atoms in total. The number of nitrogens with one attached hydrogen (secondary N) is 1. The minimum Gasteiger partial charge on any atom is -0.295 e. The lowest BCUT2D eigenvalue weighted by atomic mass is 9.98. The Labute approximate surface area is 107 Å². The lowest BCUT2D eigenvalue weighted by molar-refractivity contribution is 0.102. The fourth-order valence-electron chi connectivity index (χ4n) is 1.11. The Kier molecular flexibility index (Phi) is 3.21. The highest BCUT2D eigenvalue weighted by Crippen LogP contribution is 2.25. The first kappa shape index (κ1) is 12.1. The van der Waals surface area contributed by atoms with Crippen molar-refractivity contribution >= 4 is 33.7 Å². The first-order chi connectivity index (χ1) is 7.97. The summed E-state index contributed by atoms with van der Waals surface area (Å²) in [7, 11) is 0. The Morgan fingerprint density at radius 1 is 1.35 bits per heavy atom. The highest BCUT2D eigenvalue weighted by Gasteiger charge is 2.20. The largest absolute Gasteiger partial charge is 0.295 e. The van der Waals surface area contributed by atoms with Crippen LogP contribution in [0.15, 0.2) is 10.9 Å². The van der Waals surface area contributed by atoms with Gasteiger partial charge in [-0.25, -0.2) is 4.98 Å². The summed E-state index contributed by atoms with van der Waals surface area (Å²) in [6.45, 7) is 6.20. The van der Waals surface area contributed by atoms with Crippen molar-refractivity contribution in [2.75, 3.05) is 5.32 Å². The van der Waals surface area contributed by atoms with E-state index in [0.29, 0.717) is 10.8 Å². The van der Waals surface area contributed by atoms with Crippen molar-refractivity contribution in [2.45, 2.75) is 26.2 Å². The van der Waals surface area contributed by atoms with Crippen LogP contribution in [0.5, 0.6) is 0 Å². The molecule has 2 heterocycles. The second-order valence-corrected chi connectivity index (χ2v) is 6.18. The van der Waals surface area contributed by atoms with Crippen LogP contribution in [0, 0.1) is 0 Å². The lowest BCUT2D eigenvalue weighted by Gasteiger charge is -2.13. The summed E-state index contributed by atoms with van der Waals surface area (Å²) < 4.78 is 0. The van der Waals surface area contributed by atoms with Gasteiger partial charge in [-0.15, -0.1) is 21.5 Å². The Bertz CT molecular complexity index is 513. The van der Waals surface area contributed by atoms with E-state index in [1.165, 1.54) is 22.7 Å². The molecule has 0 fully saturated rings. The van der Waals surface area contributed by atoms with Crippen LogP contribution in [0.1, 0.15) is 36.3 Å². The number of rotatable bonds is 2. The zero-order valence-corrected chi connectivity index (χ0v) is 11.4. The molecule has 17 heavy (non-hydrogen) atoms. The third-order valence-corrected chi connectivity index (χ3v) is 3.83. The number of hydrogen-bond acceptors (Lipinski definition) is 6. The van der Waals surface area contributed by atoms with Crippen LogP contribution in [0.25, 0.3) is 0 Å². The zero-order valence-electron chi connectivity index (χ0n) is 9.72. The molecule has 0 aliphatic carbocycles. The maximum atomic E-state index is 11.8. The number of carbonyl (C=O) groups excluding carboxylic acids is 1. The van der Waals surface area contributed by atoms with E-state index in [2.05, 4.69) is 41.3 Å². The summed E-state index contributed by atoms with van der Waals surface area (Å²) in [4.78, 5) is 16.1. The SMILES string of the molecule is CC(C)(C)c1nc(C(=O)Nc2nncs2)cs1. The standard InChI is InChI=1S/C10H12N4OS2/c1-10(2,3)8-12-6(4-16-8)7(15)13-9-14-11-5-17-9/h4-5H,1-3H3,(H,13,14,15). The summed E-state index contributed by atoms with van der Waals surface area (Å²) in [6.07, 6.45) is 0. The predicted molar refractivity (Wildman–Crippen MR) is 68.7 cm³/mol. The van der Waals surface area contributed by atoms with Crippen molar-refractivity contribution in [3.63, 3.8) is 0 Å². The van der Waals surface area contributed by atoms with E-state index in [1.54, 1.807) is 10.9 Å². The summed E-state index contributed by atoms with van der Waals surface area (Å²) in [5.74, 6) is -0.242. The number of anilines is 1. The third kappa shape index (κ3) is 2.86. The van der Waals surface area contributed by atoms with E-state index in [0.717, 1.165) is 5.01 Å². The van der Waals surface area contributed by atoms with E-state index < -0.39 is 0 Å². The van der Waals surface area contributed by atoms with Crippen LogP contribution in [0.4, 0.5) is 5.13 Å². The van der Waals surface area contributed by atoms with Gasteiger partial charge >= 0.3 is 0 Å². The lowest BCUT2D eigenvalue weighted by Crippen LogP contribution is -2.15. The van der Waals surface area contributed by atoms with E-state index in [-0.39, 0.29) is 11.3 Å². The normalized spacial score (nSPS) is 11.5. The molecule has 0 radical (unpaired) electrons. The van der Waals surface area contributed by atoms with Crippen LogP contribution in [0.3, 0.4) is 0 Å². The molecule has 1 amide bonds. The van der Waals surface area contributed by atoms with Crippen molar-refractivity contribution in [1.29, 1.82) is 0 Å². The van der Waals surface area contributed by atoms with E-state index in [1.807, 2.05) is 0 Å². The van der Waals surface area contributed by atoms with Crippen molar-refractivity contribution in [3.05, 3.63) is 21.6 Å². The fraction of sp³-hybridized carbons (Fsp3) is 0.400. The summed E-state index contributed by atoms with van der Waals surface area (Å²) in [6, 6.07) is 0. The van der Waals surface area contributed by atoms with Gasteiger partial charge in [0, 0.05) is 10.8 Å². The third-order valence-electron chi connectivity index (χ3n) is 1.96. The van der Waals surface area contributed by atoms with E-state index >= 15 is 0 Å². The van der Waals surface area contributed by atoms with Gasteiger partial charge in [0.2, 0.25) is 5.13 Å². The van der Waals surface area contributed by atoms with Gasteiger partial charge in [-0.05, 0) is 0 Å². The van der Waals surface area contributed by atoms with E-state index in [4.69, 9.17) is 0 Å². The Morgan fingerprint density at radius 2 is 2.12 bits per heavy atom. The van der Waals surface area contributed by atoms with Gasteiger partial charge in [0.05, 0.1) is 5.01 Å². The number of thiazole rings is 1.